The van der Waals surface area contributed by atoms with E-state index in [2.05, 4.69) is 9.82 Å². The van der Waals surface area contributed by atoms with Crippen LogP contribution in [0.1, 0.15) is 19.3 Å². The van der Waals surface area contributed by atoms with Crippen LogP contribution in [0.4, 0.5) is 5.69 Å². The quantitative estimate of drug-likeness (QED) is 0.776. The predicted molar refractivity (Wildman–Crippen MR) is 95.2 cm³/mol. The average Bonchev–Trinajstić information content (AvgIpc) is 3.02. The minimum atomic E-state index is -3.48. The summed E-state index contributed by atoms with van der Waals surface area (Å²) in [5, 5.41) is 4.20. The van der Waals surface area contributed by atoms with Crippen molar-refractivity contribution in [3.63, 3.8) is 0 Å². The van der Waals surface area contributed by atoms with Gasteiger partial charge in [0.2, 0.25) is 10.0 Å². The predicted octanol–water partition coefficient (Wildman–Crippen LogP) is 2.27. The number of nitrogens with one attached hydrogen (secondary N) is 1. The molecule has 1 aliphatic rings. The Morgan fingerprint density at radius 1 is 1.28 bits per heavy atom. The van der Waals surface area contributed by atoms with Gasteiger partial charge in [0, 0.05) is 12.8 Å². The fraction of sp³-hybridized carbons (Fsp3) is 0.471. The van der Waals surface area contributed by atoms with E-state index in [1.807, 2.05) is 18.2 Å². The summed E-state index contributed by atoms with van der Waals surface area (Å²) in [7, 11) is -3.48. The average molecular weight is 365 g/mol. The summed E-state index contributed by atoms with van der Waals surface area (Å²) in [5.41, 5.74) is 0.454. The third-order valence-corrected chi connectivity index (χ3v) is 5.19. The highest BCUT2D eigenvalue weighted by atomic mass is 32.2. The third-order valence-electron chi connectivity index (χ3n) is 3.94. The second-order valence-electron chi connectivity index (χ2n) is 6.02. The molecule has 7 nitrogen and oxygen atoms in total. The smallest absolute Gasteiger partial charge is 0.236 e. The Balaban J connectivity index is 1.47. The van der Waals surface area contributed by atoms with Gasteiger partial charge in [-0.1, -0.05) is 18.2 Å². The summed E-state index contributed by atoms with van der Waals surface area (Å²) in [6.07, 6.45) is 6.62. The number of benzene rings is 1. The lowest BCUT2D eigenvalue weighted by Crippen LogP contribution is -2.24. The van der Waals surface area contributed by atoms with Crippen LogP contribution in [0, 0.1) is 0 Å². The molecule has 8 heteroatoms. The Kier molecular flexibility index (Phi) is 5.93. The van der Waals surface area contributed by atoms with Crippen molar-refractivity contribution >= 4 is 15.7 Å². The molecular formula is C17H23N3O4S. The Morgan fingerprint density at radius 2 is 2.12 bits per heavy atom. The number of hydrogen-bond acceptors (Lipinski definition) is 5. The Labute approximate surface area is 148 Å². The van der Waals surface area contributed by atoms with Gasteiger partial charge < -0.3 is 9.47 Å². The van der Waals surface area contributed by atoms with E-state index in [1.165, 1.54) is 6.20 Å². The number of anilines is 1. The number of ether oxygens (including phenoxy) is 2. The zero-order chi connectivity index (χ0) is 17.5. The van der Waals surface area contributed by atoms with Crippen LogP contribution in [0.25, 0.3) is 0 Å². The number of para-hydroxylation sites is 1. The monoisotopic (exact) mass is 365 g/mol. The van der Waals surface area contributed by atoms with E-state index in [9.17, 15) is 8.42 Å². The van der Waals surface area contributed by atoms with Crippen molar-refractivity contribution < 1.29 is 17.9 Å². The maximum atomic E-state index is 12.1. The molecule has 0 unspecified atom stereocenters. The van der Waals surface area contributed by atoms with E-state index in [-0.39, 0.29) is 18.5 Å². The van der Waals surface area contributed by atoms with Gasteiger partial charge >= 0.3 is 0 Å². The standard InChI is InChI=1S/C17H23N3O4S/c21-25(22,11-10-24-16-6-2-1-3-7-16)19-15-12-18-20(13-15)14-17-8-4-5-9-23-17/h1-3,6-7,12-13,17,19H,4-5,8-11,14H2/t17-/m0/s1. The summed E-state index contributed by atoms with van der Waals surface area (Å²) in [6.45, 7) is 1.51. The summed E-state index contributed by atoms with van der Waals surface area (Å²) in [5.74, 6) is 0.525. The second kappa shape index (κ2) is 8.35. The van der Waals surface area contributed by atoms with E-state index >= 15 is 0 Å². The molecule has 1 aromatic heterocycles. The van der Waals surface area contributed by atoms with Crippen LogP contribution in [0.5, 0.6) is 5.75 Å². The first kappa shape index (κ1) is 17.8. The molecule has 1 saturated heterocycles. The molecule has 3 rings (SSSR count). The molecule has 1 aromatic carbocycles. The summed E-state index contributed by atoms with van der Waals surface area (Å²) >= 11 is 0. The minimum Gasteiger partial charge on any atom is -0.492 e. The zero-order valence-electron chi connectivity index (χ0n) is 14.0. The van der Waals surface area contributed by atoms with Gasteiger partial charge in [0.05, 0.1) is 24.5 Å². The van der Waals surface area contributed by atoms with Crippen LogP contribution >= 0.6 is 0 Å². The molecule has 0 amide bonds. The molecule has 1 atom stereocenters. The highest BCUT2D eigenvalue weighted by Crippen LogP contribution is 2.16. The normalized spacial score (nSPS) is 18.0. The molecule has 0 radical (unpaired) electrons. The van der Waals surface area contributed by atoms with E-state index in [0.717, 1.165) is 25.9 Å². The van der Waals surface area contributed by atoms with Crippen molar-refractivity contribution in [3.8, 4) is 5.75 Å². The number of nitrogens with zero attached hydrogens (tertiary/aromatic N) is 2. The van der Waals surface area contributed by atoms with Crippen LogP contribution in [0.2, 0.25) is 0 Å². The Hall–Kier alpha value is -2.06. The van der Waals surface area contributed by atoms with E-state index in [1.54, 1.807) is 23.0 Å². The maximum Gasteiger partial charge on any atom is 0.236 e. The molecule has 1 fully saturated rings. The first-order valence-corrected chi connectivity index (χ1v) is 10.1. The minimum absolute atomic E-state index is 0.0867. The van der Waals surface area contributed by atoms with Crippen LogP contribution in [-0.4, -0.2) is 43.3 Å². The zero-order valence-corrected chi connectivity index (χ0v) is 14.8. The van der Waals surface area contributed by atoms with Gasteiger partial charge in [-0.25, -0.2) is 8.42 Å². The van der Waals surface area contributed by atoms with Crippen molar-refractivity contribution in [2.45, 2.75) is 31.9 Å². The first-order chi connectivity index (χ1) is 12.1. The lowest BCUT2D eigenvalue weighted by atomic mass is 10.1. The summed E-state index contributed by atoms with van der Waals surface area (Å²) in [6, 6.07) is 9.13. The molecule has 2 aromatic rings. The topological polar surface area (TPSA) is 82.5 Å². The van der Waals surface area contributed by atoms with Gasteiger partial charge in [-0.3, -0.25) is 9.40 Å². The molecule has 0 bridgehead atoms. The van der Waals surface area contributed by atoms with Crippen molar-refractivity contribution in [1.82, 2.24) is 9.78 Å². The number of rotatable bonds is 8. The first-order valence-electron chi connectivity index (χ1n) is 8.43. The van der Waals surface area contributed by atoms with Crippen LogP contribution < -0.4 is 9.46 Å². The van der Waals surface area contributed by atoms with Gasteiger partial charge in [0.25, 0.3) is 0 Å². The van der Waals surface area contributed by atoms with Crippen LogP contribution in [0.15, 0.2) is 42.7 Å². The second-order valence-corrected chi connectivity index (χ2v) is 7.86. The van der Waals surface area contributed by atoms with Gasteiger partial charge in [-0.15, -0.1) is 0 Å². The molecule has 1 aliphatic heterocycles. The van der Waals surface area contributed by atoms with Gasteiger partial charge in [-0.05, 0) is 31.4 Å². The number of aromatic nitrogens is 2. The number of hydrogen-bond donors (Lipinski definition) is 1. The van der Waals surface area contributed by atoms with Crippen LogP contribution in [0.3, 0.4) is 0 Å². The maximum absolute atomic E-state index is 12.1. The lowest BCUT2D eigenvalue weighted by molar-refractivity contribution is 0.00401. The van der Waals surface area contributed by atoms with Gasteiger partial charge in [0.1, 0.15) is 18.1 Å². The molecular weight excluding hydrogens is 342 g/mol. The molecule has 25 heavy (non-hydrogen) atoms. The van der Waals surface area contributed by atoms with Crippen LogP contribution in [-0.2, 0) is 21.3 Å². The van der Waals surface area contributed by atoms with Crippen molar-refractivity contribution in [3.05, 3.63) is 42.7 Å². The Morgan fingerprint density at radius 3 is 2.88 bits per heavy atom. The van der Waals surface area contributed by atoms with E-state index in [0.29, 0.717) is 18.0 Å². The van der Waals surface area contributed by atoms with Gasteiger partial charge in [0.15, 0.2) is 0 Å². The van der Waals surface area contributed by atoms with Crippen molar-refractivity contribution in [2.75, 3.05) is 23.7 Å². The summed E-state index contributed by atoms with van der Waals surface area (Å²) < 4.78 is 39.6. The Bertz CT molecular complexity index is 755. The van der Waals surface area contributed by atoms with Crippen molar-refractivity contribution in [2.24, 2.45) is 0 Å². The molecule has 0 saturated carbocycles. The van der Waals surface area contributed by atoms with Gasteiger partial charge in [-0.2, -0.15) is 5.10 Å². The van der Waals surface area contributed by atoms with Crippen molar-refractivity contribution in [1.29, 1.82) is 0 Å². The molecule has 1 N–H and O–H groups in total. The highest BCUT2D eigenvalue weighted by Gasteiger charge is 2.16. The molecule has 2 heterocycles. The largest absolute Gasteiger partial charge is 0.492 e. The summed E-state index contributed by atoms with van der Waals surface area (Å²) in [4.78, 5) is 0. The molecule has 0 spiro atoms. The lowest BCUT2D eigenvalue weighted by Gasteiger charge is -2.22. The molecule has 136 valence electrons. The molecule has 0 aliphatic carbocycles. The number of sulfonamides is 1. The third kappa shape index (κ3) is 5.75. The van der Waals surface area contributed by atoms with E-state index < -0.39 is 10.0 Å². The SMILES string of the molecule is O=S(=O)(CCOc1ccccc1)Nc1cnn(C[C@@H]2CCCCO2)c1. The fourth-order valence-electron chi connectivity index (χ4n) is 2.69. The highest BCUT2D eigenvalue weighted by molar-refractivity contribution is 7.92. The van der Waals surface area contributed by atoms with E-state index in [4.69, 9.17) is 9.47 Å². The fourth-order valence-corrected chi connectivity index (χ4v) is 3.56.